The van der Waals surface area contributed by atoms with E-state index in [4.69, 9.17) is 29.2 Å². The zero-order chi connectivity index (χ0) is 18.7. The lowest BCUT2D eigenvalue weighted by Gasteiger charge is -2.13. The molecule has 144 valence electrons. The van der Waals surface area contributed by atoms with Crippen molar-refractivity contribution in [3.63, 3.8) is 0 Å². The molecule has 0 bridgehead atoms. The van der Waals surface area contributed by atoms with Gasteiger partial charge in [-0.25, -0.2) is 0 Å². The predicted octanol–water partition coefficient (Wildman–Crippen LogP) is 4.05. The number of hydrogen-bond donors (Lipinski definition) is 1. The molecule has 3 aromatic rings. The van der Waals surface area contributed by atoms with Crippen molar-refractivity contribution < 1.29 is 23.5 Å². The molecule has 0 saturated carbocycles. The molecule has 0 amide bonds. The van der Waals surface area contributed by atoms with Crippen molar-refractivity contribution in [3.05, 3.63) is 36.5 Å². The number of halogens is 1. The van der Waals surface area contributed by atoms with Gasteiger partial charge in [-0.2, -0.15) is 0 Å². The number of rotatable bonds is 6. The first-order valence-corrected chi connectivity index (χ1v) is 7.81. The van der Waals surface area contributed by atoms with Gasteiger partial charge in [0.25, 0.3) is 0 Å². The van der Waals surface area contributed by atoms with Crippen LogP contribution in [0.1, 0.15) is 0 Å². The smallest absolute Gasteiger partial charge is 0.203 e. The quantitative estimate of drug-likeness (QED) is 0.633. The summed E-state index contributed by atoms with van der Waals surface area (Å²) >= 11 is 0. The third-order valence-electron chi connectivity index (χ3n) is 4.04. The van der Waals surface area contributed by atoms with E-state index in [1.54, 1.807) is 52.8 Å². The molecular formula is C19H21ClN2O5. The molecule has 0 unspecified atom stereocenters. The van der Waals surface area contributed by atoms with E-state index in [2.05, 4.69) is 5.16 Å². The average molecular weight is 393 g/mol. The van der Waals surface area contributed by atoms with E-state index in [0.717, 1.165) is 16.7 Å². The maximum absolute atomic E-state index is 6.02. The van der Waals surface area contributed by atoms with Crippen LogP contribution in [-0.2, 0) is 0 Å². The van der Waals surface area contributed by atoms with Crippen molar-refractivity contribution in [3.8, 4) is 45.4 Å². The van der Waals surface area contributed by atoms with Gasteiger partial charge in [0.2, 0.25) is 5.75 Å². The van der Waals surface area contributed by atoms with Gasteiger partial charge in [0.15, 0.2) is 17.3 Å². The van der Waals surface area contributed by atoms with Crippen LogP contribution < -0.4 is 24.7 Å². The molecule has 0 aliphatic carbocycles. The van der Waals surface area contributed by atoms with Crippen LogP contribution in [0, 0.1) is 0 Å². The topological polar surface area (TPSA) is 89.0 Å². The summed E-state index contributed by atoms with van der Waals surface area (Å²) in [6.45, 7) is 0. The second-order valence-corrected chi connectivity index (χ2v) is 5.44. The van der Waals surface area contributed by atoms with Gasteiger partial charge >= 0.3 is 0 Å². The summed E-state index contributed by atoms with van der Waals surface area (Å²) in [5.41, 5.74) is 8.93. The Balaban J connectivity index is 0.00000261. The first-order chi connectivity index (χ1) is 12.6. The summed E-state index contributed by atoms with van der Waals surface area (Å²) in [5, 5.41) is 3.94. The summed E-state index contributed by atoms with van der Waals surface area (Å²) in [4.78, 5) is 0. The Bertz CT molecular complexity index is 901. The molecule has 2 N–H and O–H groups in total. The van der Waals surface area contributed by atoms with Gasteiger partial charge in [0.1, 0.15) is 5.75 Å². The number of methoxy groups -OCH3 is 4. The summed E-state index contributed by atoms with van der Waals surface area (Å²) in [5.74, 6) is 2.73. The Labute approximate surface area is 163 Å². The standard InChI is InChI=1S/C19H20N2O5.ClH/c1-22-15-6-5-11(7-14(15)20)13-10-21-26-18(13)12-8-16(23-2)19(25-4)17(9-12)24-3;/h5-10H,20H2,1-4H3;1H. The van der Waals surface area contributed by atoms with E-state index < -0.39 is 0 Å². The van der Waals surface area contributed by atoms with E-state index in [9.17, 15) is 0 Å². The first kappa shape index (κ1) is 20.3. The molecule has 2 aromatic carbocycles. The van der Waals surface area contributed by atoms with Gasteiger partial charge in [-0.15, -0.1) is 12.4 Å². The SMILES string of the molecule is COc1ccc(-c2cnoc2-c2cc(OC)c(OC)c(OC)c2)cc1N.Cl. The van der Waals surface area contributed by atoms with E-state index in [1.807, 2.05) is 12.1 Å². The molecule has 1 aromatic heterocycles. The summed E-state index contributed by atoms with van der Waals surface area (Å²) in [7, 11) is 6.26. The summed E-state index contributed by atoms with van der Waals surface area (Å²) in [6.07, 6.45) is 1.64. The van der Waals surface area contributed by atoms with Crippen LogP contribution in [0.5, 0.6) is 23.0 Å². The number of aromatic nitrogens is 1. The second kappa shape index (κ2) is 8.55. The lowest BCUT2D eigenvalue weighted by molar-refractivity contribution is 0.324. The van der Waals surface area contributed by atoms with Gasteiger partial charge in [0.05, 0.1) is 40.3 Å². The van der Waals surface area contributed by atoms with Crippen molar-refractivity contribution in [1.82, 2.24) is 5.16 Å². The van der Waals surface area contributed by atoms with Crippen molar-refractivity contribution in [1.29, 1.82) is 0 Å². The molecule has 0 aliphatic rings. The minimum absolute atomic E-state index is 0. The Hall–Kier alpha value is -3.06. The molecule has 27 heavy (non-hydrogen) atoms. The summed E-state index contributed by atoms with van der Waals surface area (Å²) < 4.78 is 26.9. The fraction of sp³-hybridized carbons (Fsp3) is 0.211. The predicted molar refractivity (Wildman–Crippen MR) is 105 cm³/mol. The van der Waals surface area contributed by atoms with Crippen LogP contribution in [0.15, 0.2) is 41.1 Å². The van der Waals surface area contributed by atoms with E-state index in [0.29, 0.717) is 34.4 Å². The van der Waals surface area contributed by atoms with Gasteiger partial charge in [0, 0.05) is 11.1 Å². The highest BCUT2D eigenvalue weighted by Gasteiger charge is 2.19. The minimum atomic E-state index is 0. The van der Waals surface area contributed by atoms with Crippen LogP contribution in [-0.4, -0.2) is 33.6 Å². The molecule has 8 heteroatoms. The van der Waals surface area contributed by atoms with Gasteiger partial charge < -0.3 is 29.2 Å². The molecule has 0 radical (unpaired) electrons. The molecule has 0 fully saturated rings. The number of nitrogen functional groups attached to an aromatic ring is 1. The van der Waals surface area contributed by atoms with Crippen LogP contribution >= 0.6 is 12.4 Å². The lowest BCUT2D eigenvalue weighted by Crippen LogP contribution is -1.96. The molecule has 7 nitrogen and oxygen atoms in total. The maximum Gasteiger partial charge on any atom is 0.203 e. The Kier molecular flexibility index (Phi) is 6.41. The Morgan fingerprint density at radius 3 is 1.96 bits per heavy atom. The zero-order valence-electron chi connectivity index (χ0n) is 15.4. The average Bonchev–Trinajstić information content (AvgIpc) is 3.16. The number of nitrogens with zero attached hydrogens (tertiary/aromatic N) is 1. The maximum atomic E-state index is 6.02. The minimum Gasteiger partial charge on any atom is -0.495 e. The van der Waals surface area contributed by atoms with Gasteiger partial charge in [-0.1, -0.05) is 11.2 Å². The first-order valence-electron chi connectivity index (χ1n) is 7.81. The van der Waals surface area contributed by atoms with Crippen LogP contribution in [0.3, 0.4) is 0 Å². The van der Waals surface area contributed by atoms with Crippen LogP contribution in [0.4, 0.5) is 5.69 Å². The highest BCUT2D eigenvalue weighted by molar-refractivity contribution is 5.85. The van der Waals surface area contributed by atoms with Crippen LogP contribution in [0.25, 0.3) is 22.5 Å². The Morgan fingerprint density at radius 2 is 1.44 bits per heavy atom. The third kappa shape index (κ3) is 3.73. The monoisotopic (exact) mass is 392 g/mol. The highest BCUT2D eigenvalue weighted by atomic mass is 35.5. The van der Waals surface area contributed by atoms with Crippen molar-refractivity contribution >= 4 is 18.1 Å². The lowest BCUT2D eigenvalue weighted by atomic mass is 10.0. The number of ether oxygens (including phenoxy) is 4. The van der Waals surface area contributed by atoms with Crippen molar-refractivity contribution in [2.24, 2.45) is 0 Å². The normalized spacial score (nSPS) is 10.1. The third-order valence-corrected chi connectivity index (χ3v) is 4.04. The second-order valence-electron chi connectivity index (χ2n) is 5.44. The van der Waals surface area contributed by atoms with Gasteiger partial charge in [-0.3, -0.25) is 0 Å². The molecule has 0 spiro atoms. The molecule has 0 saturated heterocycles. The highest BCUT2D eigenvalue weighted by Crippen LogP contribution is 2.43. The molecule has 0 aliphatic heterocycles. The summed E-state index contributed by atoms with van der Waals surface area (Å²) in [6, 6.07) is 9.11. The number of hydrogen-bond acceptors (Lipinski definition) is 7. The molecule has 3 rings (SSSR count). The Morgan fingerprint density at radius 1 is 0.815 bits per heavy atom. The van der Waals surface area contributed by atoms with Crippen molar-refractivity contribution in [2.75, 3.05) is 34.2 Å². The molecule has 1 heterocycles. The zero-order valence-corrected chi connectivity index (χ0v) is 16.3. The van der Waals surface area contributed by atoms with Crippen molar-refractivity contribution in [2.45, 2.75) is 0 Å². The van der Waals surface area contributed by atoms with E-state index in [1.165, 1.54) is 0 Å². The van der Waals surface area contributed by atoms with E-state index in [-0.39, 0.29) is 12.4 Å². The fourth-order valence-corrected chi connectivity index (χ4v) is 2.77. The van der Waals surface area contributed by atoms with Crippen LogP contribution in [0.2, 0.25) is 0 Å². The van der Waals surface area contributed by atoms with Gasteiger partial charge in [-0.05, 0) is 29.8 Å². The van der Waals surface area contributed by atoms with E-state index >= 15 is 0 Å². The molecule has 0 atom stereocenters. The number of benzene rings is 2. The fourth-order valence-electron chi connectivity index (χ4n) is 2.77. The number of nitrogens with two attached hydrogens (primary N) is 1. The molecular weight excluding hydrogens is 372 g/mol. The largest absolute Gasteiger partial charge is 0.495 e. The number of anilines is 1.